The molecule has 1 amide bonds. The zero-order valence-corrected chi connectivity index (χ0v) is 15.6. The van der Waals surface area contributed by atoms with Gasteiger partial charge in [-0.2, -0.15) is 5.26 Å². The van der Waals surface area contributed by atoms with Crippen molar-refractivity contribution in [2.45, 2.75) is 90.5 Å². The molecule has 0 saturated heterocycles. The summed E-state index contributed by atoms with van der Waals surface area (Å²) in [7, 11) is 0. The van der Waals surface area contributed by atoms with Gasteiger partial charge >= 0.3 is 0 Å². The van der Waals surface area contributed by atoms with Crippen molar-refractivity contribution in [1.82, 2.24) is 10.2 Å². The molecule has 0 bridgehead atoms. The van der Waals surface area contributed by atoms with Crippen LogP contribution in [0.25, 0.3) is 0 Å². The van der Waals surface area contributed by atoms with E-state index in [0.717, 1.165) is 25.9 Å². The lowest BCUT2D eigenvalue weighted by atomic mass is 9.97. The zero-order chi connectivity index (χ0) is 17.6. The molecular weight excluding hydrogens is 298 g/mol. The third kappa shape index (κ3) is 8.38. The molecule has 4 heteroatoms. The Morgan fingerprint density at radius 1 is 1.00 bits per heavy atom. The molecule has 0 heterocycles. The van der Waals surface area contributed by atoms with Crippen LogP contribution in [0.1, 0.15) is 84.5 Å². The smallest absolute Gasteiger partial charge is 0.263 e. The SMILES string of the molecule is CCN(/C=C(/C#N)C(=O)NC1CCCCCCCCCCC1)CC. The summed E-state index contributed by atoms with van der Waals surface area (Å²) in [5, 5.41) is 12.4. The average Bonchev–Trinajstić information content (AvgIpc) is 2.58. The van der Waals surface area contributed by atoms with Crippen molar-refractivity contribution in [3.63, 3.8) is 0 Å². The van der Waals surface area contributed by atoms with Crippen molar-refractivity contribution in [3.05, 3.63) is 11.8 Å². The predicted molar refractivity (Wildman–Crippen MR) is 99.3 cm³/mol. The van der Waals surface area contributed by atoms with E-state index >= 15 is 0 Å². The lowest BCUT2D eigenvalue weighted by molar-refractivity contribution is -0.118. The summed E-state index contributed by atoms with van der Waals surface area (Å²) in [6.45, 7) is 5.66. The summed E-state index contributed by atoms with van der Waals surface area (Å²) in [5.41, 5.74) is 0.227. The fraction of sp³-hybridized carbons (Fsp3) is 0.800. The molecule has 1 rings (SSSR count). The molecule has 0 aromatic rings. The van der Waals surface area contributed by atoms with Crippen molar-refractivity contribution in [2.75, 3.05) is 13.1 Å². The van der Waals surface area contributed by atoms with Crippen LogP contribution in [-0.4, -0.2) is 29.9 Å². The number of amides is 1. The van der Waals surface area contributed by atoms with E-state index < -0.39 is 0 Å². The summed E-state index contributed by atoms with van der Waals surface area (Å²) in [6.07, 6.45) is 15.3. The van der Waals surface area contributed by atoms with Gasteiger partial charge in [-0.25, -0.2) is 0 Å². The minimum absolute atomic E-state index is 0.207. The van der Waals surface area contributed by atoms with Gasteiger partial charge in [0.15, 0.2) is 0 Å². The minimum Gasteiger partial charge on any atom is -0.377 e. The Morgan fingerprint density at radius 2 is 1.46 bits per heavy atom. The van der Waals surface area contributed by atoms with Crippen LogP contribution in [-0.2, 0) is 4.79 Å². The van der Waals surface area contributed by atoms with Crippen molar-refractivity contribution in [3.8, 4) is 6.07 Å². The van der Waals surface area contributed by atoms with Crippen LogP contribution in [0.2, 0.25) is 0 Å². The molecule has 1 fully saturated rings. The number of nitriles is 1. The van der Waals surface area contributed by atoms with E-state index in [1.54, 1.807) is 6.20 Å². The monoisotopic (exact) mass is 333 g/mol. The minimum atomic E-state index is -0.207. The molecule has 1 N–H and O–H groups in total. The second-order valence-corrected chi connectivity index (χ2v) is 6.81. The largest absolute Gasteiger partial charge is 0.377 e. The van der Waals surface area contributed by atoms with Gasteiger partial charge in [0.05, 0.1) is 0 Å². The Morgan fingerprint density at radius 3 is 1.88 bits per heavy atom. The first-order valence-electron chi connectivity index (χ1n) is 9.88. The second kappa shape index (κ2) is 12.9. The quantitative estimate of drug-likeness (QED) is 0.594. The molecule has 24 heavy (non-hydrogen) atoms. The molecule has 0 spiro atoms. The van der Waals surface area contributed by atoms with Crippen LogP contribution < -0.4 is 5.32 Å². The number of hydrogen-bond acceptors (Lipinski definition) is 3. The normalized spacial score (nSPS) is 18.8. The molecule has 0 unspecified atom stereocenters. The Bertz CT molecular complexity index is 409. The topological polar surface area (TPSA) is 56.1 Å². The number of carbonyl (C=O) groups is 1. The first-order valence-corrected chi connectivity index (χ1v) is 9.88. The number of carbonyl (C=O) groups excluding carboxylic acids is 1. The third-order valence-electron chi connectivity index (χ3n) is 4.93. The van der Waals surface area contributed by atoms with Gasteiger partial charge in [0.2, 0.25) is 0 Å². The van der Waals surface area contributed by atoms with Crippen LogP contribution >= 0.6 is 0 Å². The van der Waals surface area contributed by atoms with Crippen LogP contribution in [0.5, 0.6) is 0 Å². The van der Waals surface area contributed by atoms with Gasteiger partial charge in [0.1, 0.15) is 11.6 Å². The standard InChI is InChI=1S/C20H35N3O/c1-3-23(4-2)17-18(16-21)20(24)22-19-14-12-10-8-6-5-7-9-11-13-15-19/h17,19H,3-15H2,1-2H3,(H,22,24)/b18-17-. The lowest BCUT2D eigenvalue weighted by Gasteiger charge is -2.20. The van der Waals surface area contributed by atoms with E-state index in [1.807, 2.05) is 18.7 Å². The molecule has 0 aliphatic heterocycles. The molecule has 0 aromatic carbocycles. The van der Waals surface area contributed by atoms with E-state index in [2.05, 4.69) is 11.4 Å². The number of hydrogen-bond donors (Lipinski definition) is 1. The lowest BCUT2D eigenvalue weighted by Crippen LogP contribution is -2.36. The highest BCUT2D eigenvalue weighted by atomic mass is 16.1. The maximum Gasteiger partial charge on any atom is 0.263 e. The molecule has 136 valence electrons. The fourth-order valence-corrected chi connectivity index (χ4v) is 3.30. The molecule has 1 saturated carbocycles. The van der Waals surface area contributed by atoms with Gasteiger partial charge in [0.25, 0.3) is 5.91 Å². The van der Waals surface area contributed by atoms with Gasteiger partial charge in [-0.3, -0.25) is 4.79 Å². The van der Waals surface area contributed by atoms with E-state index in [-0.39, 0.29) is 17.5 Å². The number of nitrogens with zero attached hydrogens (tertiary/aromatic N) is 2. The second-order valence-electron chi connectivity index (χ2n) is 6.81. The molecule has 0 aromatic heterocycles. The highest BCUT2D eigenvalue weighted by Gasteiger charge is 2.16. The molecule has 4 nitrogen and oxygen atoms in total. The predicted octanol–water partition coefficient (Wildman–Crippen LogP) is 4.53. The zero-order valence-electron chi connectivity index (χ0n) is 15.6. The Labute approximate surface area is 148 Å². The Hall–Kier alpha value is -1.50. The molecule has 0 atom stereocenters. The maximum absolute atomic E-state index is 12.5. The van der Waals surface area contributed by atoms with Gasteiger partial charge in [-0.15, -0.1) is 0 Å². The Kier molecular flexibility index (Phi) is 11.0. The van der Waals surface area contributed by atoms with Gasteiger partial charge < -0.3 is 10.2 Å². The summed E-state index contributed by atoms with van der Waals surface area (Å²) >= 11 is 0. The molecule has 1 aliphatic carbocycles. The third-order valence-corrected chi connectivity index (χ3v) is 4.93. The summed E-state index contributed by atoms with van der Waals surface area (Å²) in [4.78, 5) is 14.4. The van der Waals surface area contributed by atoms with Crippen LogP contribution in [0.4, 0.5) is 0 Å². The maximum atomic E-state index is 12.5. The van der Waals surface area contributed by atoms with Crippen molar-refractivity contribution in [1.29, 1.82) is 5.26 Å². The number of nitrogens with one attached hydrogen (secondary N) is 1. The fourth-order valence-electron chi connectivity index (χ4n) is 3.30. The van der Waals surface area contributed by atoms with Gasteiger partial charge in [0, 0.05) is 25.3 Å². The van der Waals surface area contributed by atoms with Crippen molar-refractivity contribution < 1.29 is 4.79 Å². The van der Waals surface area contributed by atoms with Crippen LogP contribution in [0.15, 0.2) is 11.8 Å². The first-order chi connectivity index (χ1) is 11.7. The highest BCUT2D eigenvalue weighted by molar-refractivity contribution is 5.97. The first kappa shape index (κ1) is 20.5. The molecule has 0 radical (unpaired) electrons. The Balaban J connectivity index is 2.60. The van der Waals surface area contributed by atoms with Gasteiger partial charge in [-0.05, 0) is 26.7 Å². The van der Waals surface area contributed by atoms with E-state index in [4.69, 9.17) is 0 Å². The molecular formula is C20H35N3O. The summed E-state index contributed by atoms with van der Waals surface area (Å²) < 4.78 is 0. The van der Waals surface area contributed by atoms with Crippen molar-refractivity contribution in [2.24, 2.45) is 0 Å². The van der Waals surface area contributed by atoms with Crippen LogP contribution in [0.3, 0.4) is 0 Å². The summed E-state index contributed by atoms with van der Waals surface area (Å²) in [5.74, 6) is -0.207. The van der Waals surface area contributed by atoms with Crippen LogP contribution in [0, 0.1) is 11.3 Å². The van der Waals surface area contributed by atoms with E-state index in [9.17, 15) is 10.1 Å². The van der Waals surface area contributed by atoms with Crippen molar-refractivity contribution >= 4 is 5.91 Å². The summed E-state index contributed by atoms with van der Waals surface area (Å²) in [6, 6.07) is 2.28. The molecule has 1 aliphatic rings. The number of rotatable bonds is 5. The van der Waals surface area contributed by atoms with E-state index in [1.165, 1.54) is 57.8 Å². The van der Waals surface area contributed by atoms with Gasteiger partial charge in [-0.1, -0.05) is 57.8 Å². The van der Waals surface area contributed by atoms with E-state index in [0.29, 0.717) is 0 Å². The average molecular weight is 334 g/mol. The highest BCUT2D eigenvalue weighted by Crippen LogP contribution is 2.17.